The van der Waals surface area contributed by atoms with Crippen molar-refractivity contribution in [2.75, 3.05) is 19.7 Å². The molecule has 0 radical (unpaired) electrons. The van der Waals surface area contributed by atoms with Crippen LogP contribution in [0.1, 0.15) is 41.9 Å². The molecular weight excluding hydrogens is 417 g/mol. The van der Waals surface area contributed by atoms with Crippen LogP contribution < -0.4 is 0 Å². The van der Waals surface area contributed by atoms with Gasteiger partial charge in [-0.05, 0) is 19.4 Å². The van der Waals surface area contributed by atoms with Crippen LogP contribution in [0.4, 0.5) is 13.2 Å². The van der Waals surface area contributed by atoms with Gasteiger partial charge >= 0.3 is 6.18 Å². The zero-order chi connectivity index (χ0) is 20.3. The maximum atomic E-state index is 13.1. The number of aryl methyl sites for hydroxylation is 1. The van der Waals surface area contributed by atoms with Gasteiger partial charge in [0.25, 0.3) is 0 Å². The van der Waals surface area contributed by atoms with E-state index in [0.29, 0.717) is 22.0 Å². The first kappa shape index (κ1) is 20.1. The zero-order valence-corrected chi connectivity index (χ0v) is 16.9. The normalized spacial score (nSPS) is 31.3. The Bertz CT molecular complexity index is 884. The molecule has 1 N–H and O–H groups in total. The summed E-state index contributed by atoms with van der Waals surface area (Å²) in [5.41, 5.74) is -0.832. The number of nitrogens with zero attached hydrogens (tertiary/aromatic N) is 4. The van der Waals surface area contributed by atoms with E-state index in [9.17, 15) is 18.3 Å². The molecule has 3 atom stereocenters. The lowest BCUT2D eigenvalue weighted by atomic mass is 9.78. The Morgan fingerprint density at radius 3 is 2.86 bits per heavy atom. The largest absolute Gasteiger partial charge is 0.401 e. The van der Waals surface area contributed by atoms with E-state index in [1.807, 2.05) is 0 Å². The van der Waals surface area contributed by atoms with E-state index in [1.54, 1.807) is 26.2 Å². The third-order valence-electron chi connectivity index (χ3n) is 5.44. The molecule has 1 saturated heterocycles. The van der Waals surface area contributed by atoms with E-state index in [1.165, 1.54) is 20.9 Å². The molecule has 2 aliphatic rings. The second kappa shape index (κ2) is 6.66. The summed E-state index contributed by atoms with van der Waals surface area (Å²) >= 11 is 7.53. The van der Waals surface area contributed by atoms with Gasteiger partial charge in [-0.25, -0.2) is 0 Å². The fraction of sp³-hybridized carbons (Fsp3) is 0.647. The van der Waals surface area contributed by atoms with Gasteiger partial charge in [0.2, 0.25) is 0 Å². The van der Waals surface area contributed by atoms with E-state index in [2.05, 4.69) is 10.3 Å². The number of halogens is 4. The molecule has 2 aliphatic heterocycles. The lowest BCUT2D eigenvalue weighted by Gasteiger charge is -2.49. The summed E-state index contributed by atoms with van der Waals surface area (Å²) in [6, 6.07) is 1.12. The molecule has 11 heteroatoms. The molecule has 2 aromatic heterocycles. The van der Waals surface area contributed by atoms with E-state index in [4.69, 9.17) is 16.3 Å². The zero-order valence-electron chi connectivity index (χ0n) is 15.3. The molecule has 1 fully saturated rings. The summed E-state index contributed by atoms with van der Waals surface area (Å²) in [4.78, 5) is 2.16. The second-order valence-electron chi connectivity index (χ2n) is 7.72. The summed E-state index contributed by atoms with van der Waals surface area (Å²) in [6.07, 6.45) is -2.03. The van der Waals surface area contributed by atoms with E-state index >= 15 is 0 Å². The molecule has 2 aromatic rings. The fourth-order valence-electron chi connectivity index (χ4n) is 4.11. The number of hydrogen-bond donors (Lipinski definition) is 1. The van der Waals surface area contributed by atoms with Crippen LogP contribution in [0.5, 0.6) is 0 Å². The molecule has 0 bridgehead atoms. The molecular formula is C17H20ClF3N4O2S. The van der Waals surface area contributed by atoms with Crippen LogP contribution >= 0.6 is 22.9 Å². The molecule has 1 unspecified atom stereocenters. The highest BCUT2D eigenvalue weighted by Gasteiger charge is 2.52. The van der Waals surface area contributed by atoms with Crippen molar-refractivity contribution in [1.82, 2.24) is 19.9 Å². The fourth-order valence-corrected chi connectivity index (χ4v) is 5.64. The number of rotatable bonds is 2. The van der Waals surface area contributed by atoms with Gasteiger partial charge in [0.05, 0.1) is 29.2 Å². The molecule has 0 aliphatic carbocycles. The van der Waals surface area contributed by atoms with Gasteiger partial charge in [0.1, 0.15) is 11.2 Å². The topological polar surface area (TPSA) is 63.4 Å². The molecule has 6 nitrogen and oxygen atoms in total. The van der Waals surface area contributed by atoms with Gasteiger partial charge in [-0.1, -0.05) is 16.8 Å². The van der Waals surface area contributed by atoms with Crippen molar-refractivity contribution in [2.45, 2.75) is 43.2 Å². The van der Waals surface area contributed by atoms with Gasteiger partial charge in [0, 0.05) is 36.7 Å². The maximum Gasteiger partial charge on any atom is 0.401 e. The number of alkyl halides is 3. The number of ether oxygens (including phenoxy) is 1. The van der Waals surface area contributed by atoms with Crippen LogP contribution in [-0.4, -0.2) is 50.9 Å². The summed E-state index contributed by atoms with van der Waals surface area (Å²) in [7, 11) is 1.68. The number of piperidine rings is 1. The van der Waals surface area contributed by atoms with Crippen LogP contribution in [0, 0.1) is 0 Å². The highest BCUT2D eigenvalue weighted by atomic mass is 35.5. The lowest BCUT2D eigenvalue weighted by molar-refractivity contribution is -0.190. The first-order valence-electron chi connectivity index (χ1n) is 8.83. The number of fused-ring (bicyclic) bond motifs is 2. The second-order valence-corrected chi connectivity index (χ2v) is 9.41. The summed E-state index contributed by atoms with van der Waals surface area (Å²) in [5, 5.41) is 18.6. The lowest BCUT2D eigenvalue weighted by Crippen LogP contribution is -2.52. The molecule has 1 spiro atoms. The third-order valence-corrected chi connectivity index (χ3v) is 6.89. The van der Waals surface area contributed by atoms with Crippen molar-refractivity contribution >= 4 is 22.9 Å². The Kier molecular flexibility index (Phi) is 4.78. The van der Waals surface area contributed by atoms with Gasteiger partial charge < -0.3 is 9.84 Å². The van der Waals surface area contributed by atoms with E-state index in [-0.39, 0.29) is 19.6 Å². The monoisotopic (exact) mass is 436 g/mol. The Morgan fingerprint density at radius 1 is 1.46 bits per heavy atom. The minimum Gasteiger partial charge on any atom is -0.383 e. The number of likely N-dealkylation sites (tertiary alicyclic amines) is 1. The number of aliphatic hydroxyl groups is 1. The number of thiophene rings is 1. The molecule has 0 amide bonds. The molecule has 4 heterocycles. The highest BCUT2D eigenvalue weighted by molar-refractivity contribution is 7.16. The average molecular weight is 437 g/mol. The van der Waals surface area contributed by atoms with E-state index < -0.39 is 30.0 Å². The Morgan fingerprint density at radius 2 is 2.21 bits per heavy atom. The minimum absolute atomic E-state index is 0.0551. The summed E-state index contributed by atoms with van der Waals surface area (Å²) < 4.78 is 47.6. The summed E-state index contributed by atoms with van der Waals surface area (Å²) in [5.74, 6) is 0. The molecule has 154 valence electrons. The van der Waals surface area contributed by atoms with Gasteiger partial charge in [-0.2, -0.15) is 13.2 Å². The van der Waals surface area contributed by atoms with Gasteiger partial charge in [-0.15, -0.1) is 16.4 Å². The van der Waals surface area contributed by atoms with Crippen LogP contribution in [0.2, 0.25) is 4.34 Å². The first-order valence-corrected chi connectivity index (χ1v) is 10.0. The maximum absolute atomic E-state index is 13.1. The average Bonchev–Trinajstić information content (AvgIpc) is 3.19. The smallest absolute Gasteiger partial charge is 0.383 e. The predicted octanol–water partition coefficient (Wildman–Crippen LogP) is 3.36. The van der Waals surface area contributed by atoms with Crippen LogP contribution in [0.3, 0.4) is 0 Å². The third kappa shape index (κ3) is 3.56. The molecule has 28 heavy (non-hydrogen) atoms. The Labute approximate surface area is 168 Å². The highest BCUT2D eigenvalue weighted by Crippen LogP contribution is 2.54. The predicted molar refractivity (Wildman–Crippen MR) is 97.1 cm³/mol. The van der Waals surface area contributed by atoms with Crippen LogP contribution in [0.15, 0.2) is 12.3 Å². The van der Waals surface area contributed by atoms with E-state index in [0.717, 1.165) is 4.88 Å². The summed E-state index contributed by atoms with van der Waals surface area (Å²) in [6.45, 7) is 0.859. The standard InChI is InChI=1S/C17H20ClF3N4O2S/c1-15(26)9-27-16(14-10(15)5-13(18)28-14)3-4-25(8-17(19,20)21)12(6-16)11-7-24(2)23-22-11/h5,7,12,26H,3-4,6,8-9H2,1-2H3/t12-,15?,16-/m0/s1. The first-order chi connectivity index (χ1) is 13.0. The van der Waals surface area contributed by atoms with Gasteiger partial charge in [-0.3, -0.25) is 9.58 Å². The van der Waals surface area contributed by atoms with Crippen molar-refractivity contribution in [3.8, 4) is 0 Å². The SMILES string of the molecule is Cn1cc([C@@H]2C[C@]3(CCN2CC(F)(F)F)OCC(C)(O)c2cc(Cl)sc23)nn1. The van der Waals surface area contributed by atoms with Gasteiger partial charge in [0.15, 0.2) is 0 Å². The van der Waals surface area contributed by atoms with Crippen LogP contribution in [0.25, 0.3) is 0 Å². The number of aromatic nitrogens is 3. The van der Waals surface area contributed by atoms with Crippen molar-refractivity contribution < 1.29 is 23.0 Å². The van der Waals surface area contributed by atoms with Crippen molar-refractivity contribution in [1.29, 1.82) is 0 Å². The van der Waals surface area contributed by atoms with Crippen molar-refractivity contribution in [2.24, 2.45) is 7.05 Å². The molecule has 0 saturated carbocycles. The quantitative estimate of drug-likeness (QED) is 0.782. The number of hydrogen-bond acceptors (Lipinski definition) is 6. The van der Waals surface area contributed by atoms with Crippen molar-refractivity contribution in [3.05, 3.63) is 32.7 Å². The van der Waals surface area contributed by atoms with Crippen LogP contribution in [-0.2, 0) is 23.0 Å². The Hall–Kier alpha value is -1.20. The molecule has 4 rings (SSSR count). The molecule has 0 aromatic carbocycles. The minimum atomic E-state index is -4.32. The Balaban J connectivity index is 1.73. The van der Waals surface area contributed by atoms with Crippen molar-refractivity contribution in [3.63, 3.8) is 0 Å².